The average molecular weight is 275 g/mol. The lowest BCUT2D eigenvalue weighted by atomic mass is 9.78. The van der Waals surface area contributed by atoms with Gasteiger partial charge in [-0.3, -0.25) is 0 Å². The van der Waals surface area contributed by atoms with Crippen molar-refractivity contribution in [3.63, 3.8) is 0 Å². The lowest BCUT2D eigenvalue weighted by molar-refractivity contribution is -0.0378. The Hall–Kier alpha value is -0.280. The first-order valence-electron chi connectivity index (χ1n) is 5.78. The van der Waals surface area contributed by atoms with Gasteiger partial charge in [0.05, 0.1) is 13.2 Å². The second kappa shape index (κ2) is 5.57. The Bertz CT molecular complexity index is 367. The highest BCUT2D eigenvalue weighted by Crippen LogP contribution is 2.36. The minimum absolute atomic E-state index is 0.106. The van der Waals surface area contributed by atoms with Crippen LogP contribution in [0.3, 0.4) is 0 Å². The molecular weight excluding hydrogens is 259 g/mol. The van der Waals surface area contributed by atoms with Crippen LogP contribution >= 0.6 is 23.2 Å². The summed E-state index contributed by atoms with van der Waals surface area (Å²) in [5, 5.41) is 10.9. The summed E-state index contributed by atoms with van der Waals surface area (Å²) < 4.78 is 5.48. The van der Waals surface area contributed by atoms with Crippen molar-refractivity contribution in [1.29, 1.82) is 0 Å². The Morgan fingerprint density at radius 1 is 1.29 bits per heavy atom. The zero-order valence-electron chi connectivity index (χ0n) is 9.59. The van der Waals surface area contributed by atoms with Crippen molar-refractivity contribution in [3.8, 4) is 0 Å². The highest BCUT2D eigenvalue weighted by Gasteiger charge is 2.33. The molecule has 17 heavy (non-hydrogen) atoms. The molecule has 1 aliphatic rings. The fourth-order valence-electron chi connectivity index (χ4n) is 2.31. The number of ether oxygens (including phenoxy) is 1. The second-order valence-electron chi connectivity index (χ2n) is 4.69. The fourth-order valence-corrected chi connectivity index (χ4v) is 2.84. The third-order valence-corrected chi connectivity index (χ3v) is 4.06. The Morgan fingerprint density at radius 3 is 2.53 bits per heavy atom. The maximum atomic E-state index is 9.62. The number of benzene rings is 1. The predicted octanol–water partition coefficient (Wildman–Crippen LogP) is 3.33. The molecule has 0 saturated carbocycles. The Morgan fingerprint density at radius 2 is 2.00 bits per heavy atom. The first kappa shape index (κ1) is 13.2. The molecule has 1 aromatic carbocycles. The van der Waals surface area contributed by atoms with Gasteiger partial charge in [-0.15, -0.1) is 0 Å². The van der Waals surface area contributed by atoms with Crippen molar-refractivity contribution < 1.29 is 9.84 Å². The van der Waals surface area contributed by atoms with E-state index in [9.17, 15) is 5.11 Å². The molecule has 1 N–H and O–H groups in total. The van der Waals surface area contributed by atoms with Gasteiger partial charge in [0.1, 0.15) is 0 Å². The van der Waals surface area contributed by atoms with Crippen LogP contribution in [0, 0.1) is 5.41 Å². The maximum absolute atomic E-state index is 9.62. The molecule has 2 nitrogen and oxygen atoms in total. The number of hydrogen-bond acceptors (Lipinski definition) is 2. The molecule has 1 aliphatic heterocycles. The number of halogens is 2. The monoisotopic (exact) mass is 274 g/mol. The molecule has 1 heterocycles. The van der Waals surface area contributed by atoms with E-state index in [1.165, 1.54) is 0 Å². The third-order valence-electron chi connectivity index (χ3n) is 3.35. The van der Waals surface area contributed by atoms with Crippen LogP contribution in [0.1, 0.15) is 18.4 Å². The third kappa shape index (κ3) is 2.94. The SMILES string of the molecule is OCC1(Cc2c(Cl)cccc2Cl)CCCOC1. The highest BCUT2D eigenvalue weighted by atomic mass is 35.5. The summed E-state index contributed by atoms with van der Waals surface area (Å²) in [5.41, 5.74) is 0.683. The number of aliphatic hydroxyl groups is 1. The van der Waals surface area contributed by atoms with Crippen LogP contribution in [0.25, 0.3) is 0 Å². The van der Waals surface area contributed by atoms with E-state index in [0.29, 0.717) is 23.1 Å². The highest BCUT2D eigenvalue weighted by molar-refractivity contribution is 6.36. The maximum Gasteiger partial charge on any atom is 0.0547 e. The molecule has 1 saturated heterocycles. The van der Waals surface area contributed by atoms with Crippen LogP contribution in [-0.2, 0) is 11.2 Å². The van der Waals surface area contributed by atoms with Crippen LogP contribution in [0.4, 0.5) is 0 Å². The normalized spacial score (nSPS) is 24.9. The second-order valence-corrected chi connectivity index (χ2v) is 5.51. The first-order chi connectivity index (χ1) is 8.17. The smallest absolute Gasteiger partial charge is 0.0547 e. The van der Waals surface area contributed by atoms with Crippen LogP contribution in [-0.4, -0.2) is 24.9 Å². The topological polar surface area (TPSA) is 29.5 Å². The van der Waals surface area contributed by atoms with Crippen LogP contribution < -0.4 is 0 Å². The van der Waals surface area contributed by atoms with E-state index in [4.69, 9.17) is 27.9 Å². The van der Waals surface area contributed by atoms with E-state index in [-0.39, 0.29) is 12.0 Å². The summed E-state index contributed by atoms with van der Waals surface area (Å²) in [6.07, 6.45) is 2.59. The van der Waals surface area contributed by atoms with Crippen molar-refractivity contribution in [2.45, 2.75) is 19.3 Å². The molecule has 0 aromatic heterocycles. The standard InChI is InChI=1S/C13H16Cl2O2/c14-11-3-1-4-12(15)10(11)7-13(8-16)5-2-6-17-9-13/h1,3-4,16H,2,5-9H2. The predicted molar refractivity (Wildman–Crippen MR) is 69.7 cm³/mol. The van der Waals surface area contributed by atoms with Gasteiger partial charge in [0.25, 0.3) is 0 Å². The lowest BCUT2D eigenvalue weighted by Gasteiger charge is -2.35. The molecule has 0 radical (unpaired) electrons. The quantitative estimate of drug-likeness (QED) is 0.916. The van der Waals surface area contributed by atoms with Gasteiger partial charge in [0.15, 0.2) is 0 Å². The van der Waals surface area contributed by atoms with Crippen molar-refractivity contribution >= 4 is 23.2 Å². The number of hydrogen-bond donors (Lipinski definition) is 1. The summed E-state index contributed by atoms with van der Waals surface area (Å²) in [5.74, 6) is 0. The summed E-state index contributed by atoms with van der Waals surface area (Å²) in [6, 6.07) is 5.49. The molecule has 1 atom stereocenters. The Labute approximate surface area is 111 Å². The zero-order chi connectivity index (χ0) is 12.3. The van der Waals surface area contributed by atoms with E-state index in [1.54, 1.807) is 0 Å². The molecule has 1 unspecified atom stereocenters. The van der Waals surface area contributed by atoms with Gasteiger partial charge in [-0.2, -0.15) is 0 Å². The molecule has 1 aromatic rings. The van der Waals surface area contributed by atoms with Crippen LogP contribution in [0.5, 0.6) is 0 Å². The van der Waals surface area contributed by atoms with E-state index >= 15 is 0 Å². The first-order valence-corrected chi connectivity index (χ1v) is 6.54. The van der Waals surface area contributed by atoms with E-state index in [2.05, 4.69) is 0 Å². The number of aliphatic hydroxyl groups excluding tert-OH is 1. The minimum Gasteiger partial charge on any atom is -0.396 e. The molecule has 0 aliphatic carbocycles. The van der Waals surface area contributed by atoms with Crippen molar-refractivity contribution in [2.24, 2.45) is 5.41 Å². The average Bonchev–Trinajstić information content (AvgIpc) is 2.35. The van der Waals surface area contributed by atoms with Crippen molar-refractivity contribution in [2.75, 3.05) is 19.8 Å². The van der Waals surface area contributed by atoms with Gasteiger partial charge < -0.3 is 9.84 Å². The molecular formula is C13H16Cl2O2. The van der Waals surface area contributed by atoms with E-state index in [1.807, 2.05) is 18.2 Å². The minimum atomic E-state index is -0.229. The molecule has 94 valence electrons. The van der Waals surface area contributed by atoms with Crippen molar-refractivity contribution in [1.82, 2.24) is 0 Å². The zero-order valence-corrected chi connectivity index (χ0v) is 11.1. The van der Waals surface area contributed by atoms with Gasteiger partial charge in [-0.05, 0) is 37.0 Å². The van der Waals surface area contributed by atoms with Gasteiger partial charge in [0, 0.05) is 22.1 Å². The molecule has 0 spiro atoms. The van der Waals surface area contributed by atoms with E-state index in [0.717, 1.165) is 25.0 Å². The fraction of sp³-hybridized carbons (Fsp3) is 0.538. The van der Waals surface area contributed by atoms with Gasteiger partial charge in [-0.1, -0.05) is 29.3 Å². The van der Waals surface area contributed by atoms with Crippen LogP contribution in [0.15, 0.2) is 18.2 Å². The summed E-state index contributed by atoms with van der Waals surface area (Å²) in [7, 11) is 0. The lowest BCUT2D eigenvalue weighted by Crippen LogP contribution is -2.37. The molecule has 1 fully saturated rings. The summed E-state index contributed by atoms with van der Waals surface area (Å²) in [6.45, 7) is 1.46. The van der Waals surface area contributed by atoms with E-state index < -0.39 is 0 Å². The molecule has 0 bridgehead atoms. The van der Waals surface area contributed by atoms with Gasteiger partial charge in [0.2, 0.25) is 0 Å². The summed E-state index contributed by atoms with van der Waals surface area (Å²) >= 11 is 12.3. The van der Waals surface area contributed by atoms with Gasteiger partial charge >= 0.3 is 0 Å². The number of rotatable bonds is 3. The molecule has 0 amide bonds. The van der Waals surface area contributed by atoms with Crippen LogP contribution in [0.2, 0.25) is 10.0 Å². The molecule has 4 heteroatoms. The Balaban J connectivity index is 2.23. The Kier molecular flexibility index (Phi) is 4.31. The summed E-state index contributed by atoms with van der Waals surface area (Å²) in [4.78, 5) is 0. The van der Waals surface area contributed by atoms with Gasteiger partial charge in [-0.25, -0.2) is 0 Å². The largest absolute Gasteiger partial charge is 0.396 e. The van der Waals surface area contributed by atoms with Crippen molar-refractivity contribution in [3.05, 3.63) is 33.8 Å². The molecule has 2 rings (SSSR count).